The van der Waals surface area contributed by atoms with E-state index in [1.807, 2.05) is 12.3 Å². The van der Waals surface area contributed by atoms with E-state index in [9.17, 15) is 5.11 Å². The first kappa shape index (κ1) is 12.4. The third-order valence-electron chi connectivity index (χ3n) is 3.75. The fourth-order valence-electron chi connectivity index (χ4n) is 2.74. The molecule has 1 saturated heterocycles. The zero-order chi connectivity index (χ0) is 12.4. The average Bonchev–Trinajstić information content (AvgIpc) is 2.70. The van der Waals surface area contributed by atoms with Gasteiger partial charge in [-0.2, -0.15) is 0 Å². The zero-order valence-electron chi connectivity index (χ0n) is 10.9. The SMILES string of the molecule is CCC1CCC(C)N1c1ccc(C(C)O)nc1. The Morgan fingerprint density at radius 1 is 1.47 bits per heavy atom. The molecule has 3 heteroatoms. The Labute approximate surface area is 103 Å². The quantitative estimate of drug-likeness (QED) is 0.873. The van der Waals surface area contributed by atoms with Crippen LogP contribution in [0.1, 0.15) is 51.8 Å². The van der Waals surface area contributed by atoms with Crippen molar-refractivity contribution in [1.29, 1.82) is 0 Å². The highest BCUT2D eigenvalue weighted by Gasteiger charge is 2.29. The highest BCUT2D eigenvalue weighted by Crippen LogP contribution is 2.31. The average molecular weight is 234 g/mol. The molecule has 1 aromatic heterocycles. The Kier molecular flexibility index (Phi) is 3.67. The molecule has 1 aliphatic rings. The predicted molar refractivity (Wildman–Crippen MR) is 70.1 cm³/mol. The molecular formula is C14H22N2O. The standard InChI is InChI=1S/C14H22N2O/c1-4-12-6-5-10(2)16(12)13-7-8-14(11(3)17)15-9-13/h7-12,17H,4-6H2,1-3H3. The monoisotopic (exact) mass is 234 g/mol. The van der Waals surface area contributed by atoms with Gasteiger partial charge >= 0.3 is 0 Å². The molecule has 1 aliphatic heterocycles. The minimum Gasteiger partial charge on any atom is -0.387 e. The van der Waals surface area contributed by atoms with Gasteiger partial charge < -0.3 is 10.0 Å². The van der Waals surface area contributed by atoms with Gasteiger partial charge in [-0.25, -0.2) is 0 Å². The van der Waals surface area contributed by atoms with E-state index in [1.54, 1.807) is 6.92 Å². The second-order valence-corrected chi connectivity index (χ2v) is 5.01. The summed E-state index contributed by atoms with van der Waals surface area (Å²) in [5.74, 6) is 0. The Balaban J connectivity index is 2.21. The molecule has 0 amide bonds. The van der Waals surface area contributed by atoms with Gasteiger partial charge in [-0.1, -0.05) is 6.92 Å². The van der Waals surface area contributed by atoms with E-state index >= 15 is 0 Å². The van der Waals surface area contributed by atoms with Crippen LogP contribution in [0.25, 0.3) is 0 Å². The lowest BCUT2D eigenvalue weighted by Gasteiger charge is -2.30. The van der Waals surface area contributed by atoms with E-state index in [-0.39, 0.29) is 0 Å². The zero-order valence-corrected chi connectivity index (χ0v) is 10.9. The molecule has 17 heavy (non-hydrogen) atoms. The second-order valence-electron chi connectivity index (χ2n) is 5.01. The van der Waals surface area contributed by atoms with Gasteiger partial charge in [-0.15, -0.1) is 0 Å². The molecule has 0 bridgehead atoms. The lowest BCUT2D eigenvalue weighted by Crippen LogP contribution is -2.34. The molecule has 3 atom stereocenters. The van der Waals surface area contributed by atoms with Crippen LogP contribution in [-0.2, 0) is 0 Å². The molecule has 0 aliphatic carbocycles. The van der Waals surface area contributed by atoms with Crippen LogP contribution in [-0.4, -0.2) is 22.2 Å². The van der Waals surface area contributed by atoms with Gasteiger partial charge in [0.2, 0.25) is 0 Å². The number of nitrogens with zero attached hydrogens (tertiary/aromatic N) is 2. The summed E-state index contributed by atoms with van der Waals surface area (Å²) >= 11 is 0. The summed E-state index contributed by atoms with van der Waals surface area (Å²) in [6, 6.07) is 5.25. The molecule has 3 unspecified atom stereocenters. The van der Waals surface area contributed by atoms with Gasteiger partial charge in [0.25, 0.3) is 0 Å². The van der Waals surface area contributed by atoms with Crippen LogP contribution in [0.15, 0.2) is 18.3 Å². The van der Waals surface area contributed by atoms with Crippen molar-refractivity contribution in [3.63, 3.8) is 0 Å². The smallest absolute Gasteiger partial charge is 0.0931 e. The van der Waals surface area contributed by atoms with Gasteiger partial charge in [0.1, 0.15) is 0 Å². The topological polar surface area (TPSA) is 36.4 Å². The van der Waals surface area contributed by atoms with Gasteiger partial charge in [-0.3, -0.25) is 4.98 Å². The van der Waals surface area contributed by atoms with Crippen molar-refractivity contribution in [2.75, 3.05) is 4.90 Å². The molecule has 1 N–H and O–H groups in total. The molecular weight excluding hydrogens is 212 g/mol. The Hall–Kier alpha value is -1.09. The van der Waals surface area contributed by atoms with Crippen molar-refractivity contribution in [1.82, 2.24) is 4.98 Å². The van der Waals surface area contributed by atoms with Crippen LogP contribution < -0.4 is 4.90 Å². The molecule has 3 nitrogen and oxygen atoms in total. The van der Waals surface area contributed by atoms with Crippen molar-refractivity contribution in [3.05, 3.63) is 24.0 Å². The van der Waals surface area contributed by atoms with Crippen molar-refractivity contribution < 1.29 is 5.11 Å². The van der Waals surface area contributed by atoms with E-state index in [0.29, 0.717) is 12.1 Å². The van der Waals surface area contributed by atoms with Crippen molar-refractivity contribution in [3.8, 4) is 0 Å². The van der Waals surface area contributed by atoms with Gasteiger partial charge in [0.15, 0.2) is 0 Å². The van der Waals surface area contributed by atoms with Gasteiger partial charge in [0.05, 0.1) is 23.7 Å². The summed E-state index contributed by atoms with van der Waals surface area (Å²) in [5, 5.41) is 9.45. The maximum Gasteiger partial charge on any atom is 0.0931 e. The number of pyridine rings is 1. The number of hydrogen-bond acceptors (Lipinski definition) is 3. The summed E-state index contributed by atoms with van der Waals surface area (Å²) in [4.78, 5) is 6.81. The molecule has 94 valence electrons. The maximum atomic E-state index is 9.45. The molecule has 2 heterocycles. The van der Waals surface area contributed by atoms with Crippen molar-refractivity contribution in [2.45, 2.75) is 58.2 Å². The molecule has 2 rings (SSSR count). The van der Waals surface area contributed by atoms with Crippen molar-refractivity contribution >= 4 is 5.69 Å². The summed E-state index contributed by atoms with van der Waals surface area (Å²) in [5.41, 5.74) is 1.93. The number of aliphatic hydroxyl groups is 1. The van der Waals surface area contributed by atoms with Crippen LogP contribution in [0.5, 0.6) is 0 Å². The van der Waals surface area contributed by atoms with E-state index in [4.69, 9.17) is 0 Å². The number of rotatable bonds is 3. The summed E-state index contributed by atoms with van der Waals surface area (Å²) < 4.78 is 0. The minimum atomic E-state index is -0.484. The van der Waals surface area contributed by atoms with Crippen LogP contribution in [0.4, 0.5) is 5.69 Å². The molecule has 0 radical (unpaired) electrons. The van der Waals surface area contributed by atoms with E-state index < -0.39 is 6.10 Å². The minimum absolute atomic E-state index is 0.484. The Morgan fingerprint density at radius 2 is 2.24 bits per heavy atom. The second kappa shape index (κ2) is 5.05. The normalized spacial score (nSPS) is 26.2. The third kappa shape index (κ3) is 2.44. The lowest BCUT2D eigenvalue weighted by atomic mass is 10.1. The van der Waals surface area contributed by atoms with E-state index in [1.165, 1.54) is 24.9 Å². The predicted octanol–water partition coefficient (Wildman–Crippen LogP) is 2.90. The molecule has 0 aromatic carbocycles. The fraction of sp³-hybridized carbons (Fsp3) is 0.643. The molecule has 1 fully saturated rings. The first-order valence-corrected chi connectivity index (χ1v) is 6.55. The van der Waals surface area contributed by atoms with Crippen LogP contribution in [0, 0.1) is 0 Å². The maximum absolute atomic E-state index is 9.45. The van der Waals surface area contributed by atoms with Gasteiger partial charge in [-0.05, 0) is 45.2 Å². The number of aliphatic hydroxyl groups excluding tert-OH is 1. The highest BCUT2D eigenvalue weighted by molar-refractivity contribution is 5.48. The molecule has 1 aromatic rings. The first-order valence-electron chi connectivity index (χ1n) is 6.55. The van der Waals surface area contributed by atoms with E-state index in [0.717, 1.165) is 5.69 Å². The lowest BCUT2D eigenvalue weighted by molar-refractivity contribution is 0.194. The van der Waals surface area contributed by atoms with Crippen LogP contribution in [0.2, 0.25) is 0 Å². The Morgan fingerprint density at radius 3 is 2.76 bits per heavy atom. The highest BCUT2D eigenvalue weighted by atomic mass is 16.3. The summed E-state index contributed by atoms with van der Waals surface area (Å²) in [6.07, 6.45) is 5.13. The number of aromatic nitrogens is 1. The van der Waals surface area contributed by atoms with Gasteiger partial charge in [0, 0.05) is 12.1 Å². The Bertz CT molecular complexity index is 361. The fourth-order valence-corrected chi connectivity index (χ4v) is 2.74. The molecule has 0 saturated carbocycles. The summed E-state index contributed by atoms with van der Waals surface area (Å²) in [6.45, 7) is 6.26. The van der Waals surface area contributed by atoms with Crippen molar-refractivity contribution in [2.24, 2.45) is 0 Å². The largest absolute Gasteiger partial charge is 0.387 e. The van der Waals surface area contributed by atoms with E-state index in [2.05, 4.69) is 29.8 Å². The molecule has 0 spiro atoms. The third-order valence-corrected chi connectivity index (χ3v) is 3.75. The van der Waals surface area contributed by atoms with Crippen LogP contribution in [0.3, 0.4) is 0 Å². The number of anilines is 1. The first-order chi connectivity index (χ1) is 8.13. The summed E-state index contributed by atoms with van der Waals surface area (Å²) in [7, 11) is 0. The van der Waals surface area contributed by atoms with Crippen LogP contribution >= 0.6 is 0 Å². The number of hydrogen-bond donors (Lipinski definition) is 1.